The number of carboxylic acids is 1. The minimum Gasteiger partial charge on any atom is -0.497 e. The molecule has 0 saturated carbocycles. The van der Waals surface area contributed by atoms with E-state index in [2.05, 4.69) is 0 Å². The standard InChI is InChI=1S/C19H19ClFNO4/c1-25-14-4-2-3-12(9-14)18(19(23)24)22-7-8-26-17(11-22)15-6-5-13(21)10-16(15)20/h2-6,9-10,17-18H,7-8,11H2,1H3,(H,23,24). The third kappa shape index (κ3) is 3.98. The highest BCUT2D eigenvalue weighted by Crippen LogP contribution is 2.33. The van der Waals surface area contributed by atoms with E-state index in [0.29, 0.717) is 36.6 Å². The van der Waals surface area contributed by atoms with Gasteiger partial charge in [0.1, 0.15) is 17.6 Å². The molecule has 1 heterocycles. The zero-order valence-electron chi connectivity index (χ0n) is 14.2. The van der Waals surface area contributed by atoms with Crippen molar-refractivity contribution in [3.05, 3.63) is 64.4 Å². The van der Waals surface area contributed by atoms with Crippen molar-refractivity contribution in [3.8, 4) is 5.75 Å². The van der Waals surface area contributed by atoms with Crippen LogP contribution in [0, 0.1) is 5.82 Å². The molecule has 2 aromatic carbocycles. The van der Waals surface area contributed by atoms with Gasteiger partial charge in [-0.15, -0.1) is 0 Å². The van der Waals surface area contributed by atoms with E-state index >= 15 is 0 Å². The van der Waals surface area contributed by atoms with Crippen LogP contribution in [0.25, 0.3) is 0 Å². The van der Waals surface area contributed by atoms with Gasteiger partial charge in [0.25, 0.3) is 0 Å². The van der Waals surface area contributed by atoms with Gasteiger partial charge in [0.05, 0.1) is 19.8 Å². The number of carboxylic acid groups (broad SMARTS) is 1. The summed E-state index contributed by atoms with van der Waals surface area (Å²) >= 11 is 6.14. The molecule has 3 rings (SSSR count). The number of carbonyl (C=O) groups is 1. The lowest BCUT2D eigenvalue weighted by atomic mass is 10.0. The molecule has 5 nitrogen and oxygen atoms in total. The molecule has 2 atom stereocenters. The molecule has 7 heteroatoms. The van der Waals surface area contributed by atoms with Crippen LogP contribution in [0.3, 0.4) is 0 Å². The van der Waals surface area contributed by atoms with E-state index in [0.717, 1.165) is 0 Å². The summed E-state index contributed by atoms with van der Waals surface area (Å²) in [4.78, 5) is 13.8. The van der Waals surface area contributed by atoms with Crippen LogP contribution in [-0.2, 0) is 9.53 Å². The molecule has 0 aliphatic carbocycles. The third-order valence-corrected chi connectivity index (χ3v) is 4.74. The molecule has 1 N–H and O–H groups in total. The number of morpholine rings is 1. The van der Waals surface area contributed by atoms with Crippen LogP contribution in [0.4, 0.5) is 4.39 Å². The van der Waals surface area contributed by atoms with Crippen LogP contribution in [0.5, 0.6) is 5.75 Å². The molecule has 0 aromatic heterocycles. The van der Waals surface area contributed by atoms with Gasteiger partial charge in [-0.3, -0.25) is 9.69 Å². The fourth-order valence-corrected chi connectivity index (χ4v) is 3.46. The Morgan fingerprint density at radius 3 is 2.88 bits per heavy atom. The summed E-state index contributed by atoms with van der Waals surface area (Å²) in [5.74, 6) is -0.782. The van der Waals surface area contributed by atoms with E-state index in [-0.39, 0.29) is 5.02 Å². The third-order valence-electron chi connectivity index (χ3n) is 4.42. The maximum Gasteiger partial charge on any atom is 0.325 e. The van der Waals surface area contributed by atoms with Crippen LogP contribution in [0.15, 0.2) is 42.5 Å². The van der Waals surface area contributed by atoms with Crippen LogP contribution < -0.4 is 4.74 Å². The SMILES string of the molecule is COc1cccc(C(C(=O)O)N2CCOC(c3ccc(F)cc3Cl)C2)c1. The van der Waals surface area contributed by atoms with Crippen LogP contribution in [0.2, 0.25) is 5.02 Å². The predicted octanol–water partition coefficient (Wildman–Crippen LogP) is 3.69. The topological polar surface area (TPSA) is 59.0 Å². The molecular formula is C19H19ClFNO4. The highest BCUT2D eigenvalue weighted by Gasteiger charge is 2.33. The van der Waals surface area contributed by atoms with Crippen LogP contribution >= 0.6 is 11.6 Å². The quantitative estimate of drug-likeness (QED) is 0.858. The largest absolute Gasteiger partial charge is 0.497 e. The van der Waals surface area contributed by atoms with E-state index in [1.807, 2.05) is 4.90 Å². The summed E-state index contributed by atoms with van der Waals surface area (Å²) in [6.45, 7) is 1.15. The van der Waals surface area contributed by atoms with Gasteiger partial charge in [0.2, 0.25) is 0 Å². The number of methoxy groups -OCH3 is 1. The molecule has 0 bridgehead atoms. The first-order chi connectivity index (χ1) is 12.5. The van der Waals surface area contributed by atoms with E-state index in [9.17, 15) is 14.3 Å². The normalized spacial score (nSPS) is 19.1. The average molecular weight is 380 g/mol. The number of benzene rings is 2. The van der Waals surface area contributed by atoms with Crippen molar-refractivity contribution in [3.63, 3.8) is 0 Å². The summed E-state index contributed by atoms with van der Waals surface area (Å²) in [5.41, 5.74) is 1.27. The minimum absolute atomic E-state index is 0.269. The predicted molar refractivity (Wildman–Crippen MR) is 95.0 cm³/mol. The summed E-state index contributed by atoms with van der Waals surface area (Å²) in [7, 11) is 1.54. The molecule has 1 aliphatic rings. The number of rotatable bonds is 5. The van der Waals surface area contributed by atoms with Gasteiger partial charge < -0.3 is 14.6 Å². The highest BCUT2D eigenvalue weighted by molar-refractivity contribution is 6.31. The van der Waals surface area contributed by atoms with E-state index in [4.69, 9.17) is 21.1 Å². The first-order valence-corrected chi connectivity index (χ1v) is 8.54. The molecule has 26 heavy (non-hydrogen) atoms. The van der Waals surface area contributed by atoms with Crippen molar-refractivity contribution in [1.29, 1.82) is 0 Å². The maximum atomic E-state index is 13.3. The summed E-state index contributed by atoms with van der Waals surface area (Å²) in [6, 6.07) is 10.3. The van der Waals surface area contributed by atoms with Gasteiger partial charge in [0.15, 0.2) is 0 Å². The molecule has 0 amide bonds. The Balaban J connectivity index is 1.87. The molecule has 2 unspecified atom stereocenters. The number of hydrogen-bond donors (Lipinski definition) is 1. The summed E-state index contributed by atoms with van der Waals surface area (Å²) < 4.78 is 24.3. The molecule has 138 valence electrons. The molecule has 1 aliphatic heterocycles. The molecule has 2 aromatic rings. The van der Waals surface area contributed by atoms with E-state index < -0.39 is 23.9 Å². The number of halogens is 2. The molecule has 1 fully saturated rings. The second-order valence-electron chi connectivity index (χ2n) is 6.04. The number of ether oxygens (including phenoxy) is 2. The maximum absolute atomic E-state index is 13.3. The Labute approximate surface area is 155 Å². The van der Waals surface area contributed by atoms with Crippen molar-refractivity contribution in [2.45, 2.75) is 12.1 Å². The summed E-state index contributed by atoms with van der Waals surface area (Å²) in [6.07, 6.45) is -0.427. The van der Waals surface area contributed by atoms with Gasteiger partial charge in [-0.2, -0.15) is 0 Å². The molecule has 0 radical (unpaired) electrons. The molecular weight excluding hydrogens is 361 g/mol. The lowest BCUT2D eigenvalue weighted by molar-refractivity contribution is -0.147. The Morgan fingerprint density at radius 1 is 1.38 bits per heavy atom. The fourth-order valence-electron chi connectivity index (χ4n) is 3.18. The van der Waals surface area contributed by atoms with Crippen molar-refractivity contribution in [2.75, 3.05) is 26.8 Å². The minimum atomic E-state index is -0.955. The second kappa shape index (κ2) is 8.03. The first-order valence-electron chi connectivity index (χ1n) is 8.17. The highest BCUT2D eigenvalue weighted by atomic mass is 35.5. The van der Waals surface area contributed by atoms with Gasteiger partial charge in [-0.1, -0.05) is 29.8 Å². The van der Waals surface area contributed by atoms with Gasteiger partial charge in [-0.25, -0.2) is 4.39 Å². The Bertz CT molecular complexity index is 801. The Hall–Kier alpha value is -2.15. The number of aliphatic carboxylic acids is 1. The lowest BCUT2D eigenvalue weighted by Crippen LogP contribution is -2.43. The molecule has 1 saturated heterocycles. The van der Waals surface area contributed by atoms with Crippen molar-refractivity contribution in [1.82, 2.24) is 4.90 Å². The molecule has 0 spiro atoms. The zero-order chi connectivity index (χ0) is 18.7. The second-order valence-corrected chi connectivity index (χ2v) is 6.44. The van der Waals surface area contributed by atoms with Gasteiger partial charge in [0, 0.05) is 23.7 Å². The lowest BCUT2D eigenvalue weighted by Gasteiger charge is -2.37. The smallest absolute Gasteiger partial charge is 0.325 e. The zero-order valence-corrected chi connectivity index (χ0v) is 14.9. The van der Waals surface area contributed by atoms with Crippen LogP contribution in [-0.4, -0.2) is 42.8 Å². The van der Waals surface area contributed by atoms with Crippen LogP contribution in [0.1, 0.15) is 23.3 Å². The number of nitrogens with zero attached hydrogens (tertiary/aromatic N) is 1. The summed E-state index contributed by atoms with van der Waals surface area (Å²) in [5, 5.41) is 10.1. The van der Waals surface area contributed by atoms with Gasteiger partial charge >= 0.3 is 5.97 Å². The van der Waals surface area contributed by atoms with Crippen molar-refractivity contribution < 1.29 is 23.8 Å². The van der Waals surface area contributed by atoms with Crippen molar-refractivity contribution in [2.24, 2.45) is 0 Å². The Morgan fingerprint density at radius 2 is 2.19 bits per heavy atom. The van der Waals surface area contributed by atoms with Gasteiger partial charge in [-0.05, 0) is 29.8 Å². The van der Waals surface area contributed by atoms with E-state index in [1.54, 1.807) is 30.3 Å². The average Bonchev–Trinajstić information content (AvgIpc) is 2.62. The monoisotopic (exact) mass is 379 g/mol. The van der Waals surface area contributed by atoms with Crippen molar-refractivity contribution >= 4 is 17.6 Å². The number of hydrogen-bond acceptors (Lipinski definition) is 4. The first kappa shape index (κ1) is 18.6. The Kier molecular flexibility index (Phi) is 5.76. The van der Waals surface area contributed by atoms with E-state index in [1.165, 1.54) is 19.2 Å². The fraction of sp³-hybridized carbons (Fsp3) is 0.316.